The van der Waals surface area contributed by atoms with Crippen molar-refractivity contribution in [1.29, 1.82) is 0 Å². The van der Waals surface area contributed by atoms with Crippen LogP contribution in [0, 0.1) is 0 Å². The van der Waals surface area contributed by atoms with E-state index >= 15 is 0 Å². The van der Waals surface area contributed by atoms with Crippen LogP contribution in [0.5, 0.6) is 17.2 Å². The Morgan fingerprint density at radius 1 is 1.19 bits per heavy atom. The molecule has 0 fully saturated rings. The number of phenols is 1. The van der Waals surface area contributed by atoms with Gasteiger partial charge in [0.15, 0.2) is 23.1 Å². The Bertz CT molecular complexity index is 550. The first-order chi connectivity index (χ1) is 7.74. The smallest absolute Gasteiger partial charge is 0.231 e. The van der Waals surface area contributed by atoms with Gasteiger partial charge in [-0.15, -0.1) is 0 Å². The summed E-state index contributed by atoms with van der Waals surface area (Å²) in [4.78, 5) is 0. The number of aromatic nitrogens is 1. The highest BCUT2D eigenvalue weighted by molar-refractivity contribution is 5.71. The molecule has 6 nitrogen and oxygen atoms in total. The molecule has 1 aliphatic heterocycles. The highest BCUT2D eigenvalue weighted by Crippen LogP contribution is 2.42. The number of hydrogen-bond donors (Lipinski definition) is 2. The summed E-state index contributed by atoms with van der Waals surface area (Å²) in [7, 11) is 0. The number of ether oxygens (including phenoxy) is 2. The Balaban J connectivity index is 2.14. The number of fused-ring (bicyclic) bond motifs is 1. The summed E-state index contributed by atoms with van der Waals surface area (Å²) in [5.41, 5.74) is 5.90. The number of phenolic OH excluding ortho intramolecular Hbond substituents is 1. The second-order valence-electron chi connectivity index (χ2n) is 3.34. The van der Waals surface area contributed by atoms with Gasteiger partial charge < -0.3 is 24.8 Å². The maximum atomic E-state index is 9.77. The zero-order valence-electron chi connectivity index (χ0n) is 8.14. The molecule has 0 atom stereocenters. The van der Waals surface area contributed by atoms with Gasteiger partial charge in [-0.2, -0.15) is 0 Å². The minimum atomic E-state index is 0.0281. The van der Waals surface area contributed by atoms with Gasteiger partial charge in [0, 0.05) is 12.1 Å². The molecule has 1 aromatic carbocycles. The van der Waals surface area contributed by atoms with E-state index in [1.54, 1.807) is 6.07 Å². The van der Waals surface area contributed by atoms with Crippen molar-refractivity contribution in [3.8, 4) is 28.6 Å². The number of aromatic hydroxyl groups is 1. The molecule has 1 aromatic heterocycles. The van der Waals surface area contributed by atoms with Crippen LogP contribution in [0.2, 0.25) is 0 Å². The van der Waals surface area contributed by atoms with Crippen LogP contribution in [-0.4, -0.2) is 17.1 Å². The monoisotopic (exact) mass is 220 g/mol. The lowest BCUT2D eigenvalue weighted by Gasteiger charge is -2.02. The molecule has 82 valence electrons. The highest BCUT2D eigenvalue weighted by Gasteiger charge is 2.19. The largest absolute Gasteiger partial charge is 0.507 e. The lowest BCUT2D eigenvalue weighted by molar-refractivity contribution is 0.174. The van der Waals surface area contributed by atoms with E-state index in [-0.39, 0.29) is 18.4 Å². The number of anilines is 1. The topological polar surface area (TPSA) is 90.7 Å². The van der Waals surface area contributed by atoms with Crippen molar-refractivity contribution in [3.05, 3.63) is 18.2 Å². The summed E-state index contributed by atoms with van der Waals surface area (Å²) >= 11 is 0. The van der Waals surface area contributed by atoms with Crippen molar-refractivity contribution >= 4 is 5.82 Å². The van der Waals surface area contributed by atoms with Crippen molar-refractivity contribution < 1.29 is 19.1 Å². The predicted octanol–water partition coefficient (Wildman–Crippen LogP) is 1.36. The molecule has 0 aliphatic carbocycles. The lowest BCUT2D eigenvalue weighted by atomic mass is 10.1. The number of nitrogens with two attached hydrogens (primary N) is 1. The van der Waals surface area contributed by atoms with E-state index < -0.39 is 0 Å². The predicted molar refractivity (Wildman–Crippen MR) is 54.1 cm³/mol. The SMILES string of the molecule is Nc1cc(-c2cc3c(cc2O)OCO3)on1. The van der Waals surface area contributed by atoms with E-state index in [4.69, 9.17) is 19.7 Å². The molecular formula is C10H8N2O4. The van der Waals surface area contributed by atoms with Crippen LogP contribution in [0.25, 0.3) is 11.3 Å². The Hall–Kier alpha value is -2.37. The Labute approximate surface area is 90.2 Å². The number of nitrogen functional groups attached to an aromatic ring is 1. The van der Waals surface area contributed by atoms with Crippen molar-refractivity contribution in [2.45, 2.75) is 0 Å². The second kappa shape index (κ2) is 3.06. The van der Waals surface area contributed by atoms with E-state index in [0.717, 1.165) is 0 Å². The molecule has 1 aliphatic rings. The van der Waals surface area contributed by atoms with Gasteiger partial charge in [-0.05, 0) is 6.07 Å². The summed E-state index contributed by atoms with van der Waals surface area (Å²) in [5.74, 6) is 1.73. The first-order valence-electron chi connectivity index (χ1n) is 4.59. The molecule has 0 saturated carbocycles. The van der Waals surface area contributed by atoms with Gasteiger partial charge in [0.2, 0.25) is 6.79 Å². The van der Waals surface area contributed by atoms with Crippen molar-refractivity contribution in [2.75, 3.05) is 12.5 Å². The highest BCUT2D eigenvalue weighted by atomic mass is 16.7. The summed E-state index contributed by atoms with van der Waals surface area (Å²) < 4.78 is 15.3. The van der Waals surface area contributed by atoms with Gasteiger partial charge in [0.25, 0.3) is 0 Å². The van der Waals surface area contributed by atoms with E-state index in [1.165, 1.54) is 12.1 Å². The molecule has 3 rings (SSSR count). The van der Waals surface area contributed by atoms with Gasteiger partial charge in [-0.3, -0.25) is 0 Å². The Morgan fingerprint density at radius 3 is 2.62 bits per heavy atom. The van der Waals surface area contributed by atoms with Crippen LogP contribution in [0.1, 0.15) is 0 Å². The Morgan fingerprint density at radius 2 is 1.94 bits per heavy atom. The molecular weight excluding hydrogens is 212 g/mol. The fourth-order valence-electron chi connectivity index (χ4n) is 1.54. The molecule has 2 aromatic rings. The number of hydrogen-bond acceptors (Lipinski definition) is 6. The molecule has 0 bridgehead atoms. The zero-order chi connectivity index (χ0) is 11.1. The molecule has 0 amide bonds. The summed E-state index contributed by atoms with van der Waals surface area (Å²) in [5, 5.41) is 13.3. The van der Waals surface area contributed by atoms with Crippen LogP contribution >= 0.6 is 0 Å². The van der Waals surface area contributed by atoms with Crippen molar-refractivity contribution in [3.63, 3.8) is 0 Å². The maximum Gasteiger partial charge on any atom is 0.231 e. The molecule has 3 N–H and O–H groups in total. The van der Waals surface area contributed by atoms with Crippen LogP contribution in [0.3, 0.4) is 0 Å². The van der Waals surface area contributed by atoms with Gasteiger partial charge in [0.1, 0.15) is 5.75 Å². The first-order valence-corrected chi connectivity index (χ1v) is 4.59. The maximum absolute atomic E-state index is 9.77. The van der Waals surface area contributed by atoms with Gasteiger partial charge in [-0.25, -0.2) is 0 Å². The number of benzene rings is 1. The summed E-state index contributed by atoms with van der Waals surface area (Å²) in [6.45, 7) is 0.150. The van der Waals surface area contributed by atoms with Gasteiger partial charge in [-0.1, -0.05) is 5.16 Å². The molecule has 2 heterocycles. The fourth-order valence-corrected chi connectivity index (χ4v) is 1.54. The van der Waals surface area contributed by atoms with Crippen LogP contribution in [0.4, 0.5) is 5.82 Å². The van der Waals surface area contributed by atoms with E-state index in [2.05, 4.69) is 5.16 Å². The van der Waals surface area contributed by atoms with Crippen LogP contribution in [-0.2, 0) is 0 Å². The third-order valence-corrected chi connectivity index (χ3v) is 2.28. The minimum absolute atomic E-state index is 0.0281. The quantitative estimate of drug-likeness (QED) is 0.753. The van der Waals surface area contributed by atoms with E-state index in [1.807, 2.05) is 0 Å². The summed E-state index contributed by atoms with van der Waals surface area (Å²) in [6, 6.07) is 4.62. The average Bonchev–Trinajstić information content (AvgIpc) is 2.84. The molecule has 0 unspecified atom stereocenters. The molecule has 0 spiro atoms. The molecule has 16 heavy (non-hydrogen) atoms. The minimum Gasteiger partial charge on any atom is -0.507 e. The molecule has 0 radical (unpaired) electrons. The zero-order valence-corrected chi connectivity index (χ0v) is 8.14. The second-order valence-corrected chi connectivity index (χ2v) is 3.34. The summed E-state index contributed by atoms with van der Waals surface area (Å²) in [6.07, 6.45) is 0. The van der Waals surface area contributed by atoms with Gasteiger partial charge in [0.05, 0.1) is 5.56 Å². The Kier molecular flexibility index (Phi) is 1.70. The van der Waals surface area contributed by atoms with E-state index in [9.17, 15) is 5.11 Å². The van der Waals surface area contributed by atoms with E-state index in [0.29, 0.717) is 22.8 Å². The van der Waals surface area contributed by atoms with Crippen molar-refractivity contribution in [2.24, 2.45) is 0 Å². The fraction of sp³-hybridized carbons (Fsp3) is 0.100. The number of nitrogens with zero attached hydrogens (tertiary/aromatic N) is 1. The normalized spacial score (nSPS) is 13.0. The number of rotatable bonds is 1. The van der Waals surface area contributed by atoms with Gasteiger partial charge >= 0.3 is 0 Å². The molecule has 6 heteroatoms. The third kappa shape index (κ3) is 1.23. The first kappa shape index (κ1) is 8.90. The van der Waals surface area contributed by atoms with Crippen LogP contribution in [0.15, 0.2) is 22.7 Å². The molecule has 0 saturated heterocycles. The van der Waals surface area contributed by atoms with Crippen LogP contribution < -0.4 is 15.2 Å². The van der Waals surface area contributed by atoms with Crippen molar-refractivity contribution in [1.82, 2.24) is 5.16 Å². The average molecular weight is 220 g/mol. The standard InChI is InChI=1S/C10H8N2O4/c11-10-3-7(16-12-10)5-1-8-9(2-6(5)13)15-4-14-8/h1-3,13H,4H2,(H2,11,12). The third-order valence-electron chi connectivity index (χ3n) is 2.28. The lowest BCUT2D eigenvalue weighted by Crippen LogP contribution is -1.92.